The quantitative estimate of drug-likeness (QED) is 0.418. The van der Waals surface area contributed by atoms with Crippen LogP contribution in [0.3, 0.4) is 0 Å². The Kier molecular flexibility index (Phi) is 7.82. The van der Waals surface area contributed by atoms with Gasteiger partial charge >= 0.3 is 0 Å². The van der Waals surface area contributed by atoms with E-state index in [1.54, 1.807) is 18.6 Å². The van der Waals surface area contributed by atoms with E-state index < -0.39 is 0 Å². The summed E-state index contributed by atoms with van der Waals surface area (Å²) in [5.41, 5.74) is 2.85. The standard InChI is InChI=1S/C23H28ClN5/c1-3-6-18(7-4-2)28-23-14-19(20(24)16-27-23)21-8-5-9-22(29-21)26-15-17-10-12-25-13-11-17/h5,8-14,16,18H,3-4,6-7,15H2,1-2H3,(H,26,29)(H,27,28). The van der Waals surface area contributed by atoms with Crippen molar-refractivity contribution in [3.8, 4) is 11.3 Å². The third kappa shape index (κ3) is 6.16. The Labute approximate surface area is 178 Å². The number of hydrogen-bond donors (Lipinski definition) is 2. The highest BCUT2D eigenvalue weighted by molar-refractivity contribution is 6.33. The fourth-order valence-electron chi connectivity index (χ4n) is 3.29. The first kappa shape index (κ1) is 21.1. The third-order valence-corrected chi connectivity index (χ3v) is 5.03. The van der Waals surface area contributed by atoms with Gasteiger partial charge in [-0.25, -0.2) is 9.97 Å². The molecular formula is C23H28ClN5. The SMILES string of the molecule is CCCC(CCC)Nc1cc(-c2cccc(NCc3ccncc3)n2)c(Cl)cn1. The molecule has 5 nitrogen and oxygen atoms in total. The molecule has 29 heavy (non-hydrogen) atoms. The summed E-state index contributed by atoms with van der Waals surface area (Å²) >= 11 is 6.46. The van der Waals surface area contributed by atoms with E-state index in [9.17, 15) is 0 Å². The van der Waals surface area contributed by atoms with Gasteiger partial charge in [-0.15, -0.1) is 0 Å². The average molecular weight is 410 g/mol. The smallest absolute Gasteiger partial charge is 0.126 e. The van der Waals surface area contributed by atoms with Crippen LogP contribution in [0, 0.1) is 0 Å². The van der Waals surface area contributed by atoms with Gasteiger partial charge in [0.1, 0.15) is 11.6 Å². The van der Waals surface area contributed by atoms with Crippen LogP contribution in [0.25, 0.3) is 11.3 Å². The van der Waals surface area contributed by atoms with Crippen LogP contribution in [-0.2, 0) is 6.54 Å². The summed E-state index contributed by atoms with van der Waals surface area (Å²) in [4.78, 5) is 13.3. The average Bonchev–Trinajstić information content (AvgIpc) is 2.75. The lowest BCUT2D eigenvalue weighted by molar-refractivity contribution is 0.584. The van der Waals surface area contributed by atoms with E-state index in [1.807, 2.05) is 36.4 Å². The summed E-state index contributed by atoms with van der Waals surface area (Å²) in [6.45, 7) is 5.10. The van der Waals surface area contributed by atoms with E-state index in [0.717, 1.165) is 54.1 Å². The molecule has 0 bridgehead atoms. The monoisotopic (exact) mass is 409 g/mol. The maximum absolute atomic E-state index is 6.46. The highest BCUT2D eigenvalue weighted by Gasteiger charge is 2.12. The largest absolute Gasteiger partial charge is 0.367 e. The van der Waals surface area contributed by atoms with Crippen molar-refractivity contribution in [3.63, 3.8) is 0 Å². The van der Waals surface area contributed by atoms with Crippen molar-refractivity contribution in [2.24, 2.45) is 0 Å². The highest BCUT2D eigenvalue weighted by atomic mass is 35.5. The van der Waals surface area contributed by atoms with Crippen LogP contribution in [0.15, 0.2) is 55.0 Å². The molecule has 0 radical (unpaired) electrons. The minimum absolute atomic E-state index is 0.424. The Morgan fingerprint density at radius 3 is 2.48 bits per heavy atom. The van der Waals surface area contributed by atoms with Crippen LogP contribution < -0.4 is 10.6 Å². The molecule has 0 fully saturated rings. The van der Waals surface area contributed by atoms with Crippen LogP contribution in [-0.4, -0.2) is 21.0 Å². The molecule has 0 aliphatic heterocycles. The minimum atomic E-state index is 0.424. The molecule has 0 saturated heterocycles. The molecule has 0 aliphatic carbocycles. The molecule has 0 saturated carbocycles. The number of hydrogen-bond acceptors (Lipinski definition) is 5. The van der Waals surface area contributed by atoms with Gasteiger partial charge in [-0.2, -0.15) is 0 Å². The van der Waals surface area contributed by atoms with E-state index >= 15 is 0 Å². The second-order valence-electron chi connectivity index (χ2n) is 7.09. The summed E-state index contributed by atoms with van der Waals surface area (Å²) in [5, 5.41) is 7.51. The van der Waals surface area contributed by atoms with Crippen molar-refractivity contribution in [2.75, 3.05) is 10.6 Å². The molecule has 0 amide bonds. The van der Waals surface area contributed by atoms with Gasteiger partial charge in [0.25, 0.3) is 0 Å². The van der Waals surface area contributed by atoms with Gasteiger partial charge in [-0.3, -0.25) is 4.98 Å². The number of nitrogens with zero attached hydrogens (tertiary/aromatic N) is 3. The lowest BCUT2D eigenvalue weighted by atomic mass is 10.1. The summed E-state index contributed by atoms with van der Waals surface area (Å²) in [6.07, 6.45) is 9.82. The highest BCUT2D eigenvalue weighted by Crippen LogP contribution is 2.29. The lowest BCUT2D eigenvalue weighted by Crippen LogP contribution is -2.19. The van der Waals surface area contributed by atoms with Gasteiger partial charge in [0.15, 0.2) is 0 Å². The second kappa shape index (κ2) is 10.8. The van der Waals surface area contributed by atoms with Crippen LogP contribution >= 0.6 is 11.6 Å². The number of rotatable bonds is 10. The minimum Gasteiger partial charge on any atom is -0.367 e. The van der Waals surface area contributed by atoms with Gasteiger partial charge in [-0.1, -0.05) is 44.4 Å². The normalized spacial score (nSPS) is 10.9. The molecule has 3 rings (SSSR count). The summed E-state index contributed by atoms with van der Waals surface area (Å²) in [6, 6.07) is 12.3. The maximum Gasteiger partial charge on any atom is 0.126 e. The molecule has 0 unspecified atom stereocenters. The van der Waals surface area contributed by atoms with Crippen molar-refractivity contribution in [1.82, 2.24) is 15.0 Å². The van der Waals surface area contributed by atoms with E-state index in [0.29, 0.717) is 17.6 Å². The first-order valence-electron chi connectivity index (χ1n) is 10.2. The number of aromatic nitrogens is 3. The molecule has 0 aliphatic rings. The zero-order valence-corrected chi connectivity index (χ0v) is 17.8. The topological polar surface area (TPSA) is 62.7 Å². The number of anilines is 2. The zero-order chi connectivity index (χ0) is 20.5. The fraction of sp³-hybridized carbons (Fsp3) is 0.348. The van der Waals surface area contributed by atoms with Crippen molar-refractivity contribution in [3.05, 3.63) is 65.6 Å². The predicted octanol–water partition coefficient (Wildman–Crippen LogP) is 6.18. The van der Waals surface area contributed by atoms with E-state index in [-0.39, 0.29) is 0 Å². The zero-order valence-electron chi connectivity index (χ0n) is 17.0. The Morgan fingerprint density at radius 1 is 1.00 bits per heavy atom. The van der Waals surface area contributed by atoms with E-state index in [1.165, 1.54) is 0 Å². The van der Waals surface area contributed by atoms with Gasteiger partial charge in [0.05, 0.1) is 10.7 Å². The number of halogens is 1. The molecule has 0 atom stereocenters. The van der Waals surface area contributed by atoms with Gasteiger partial charge in [0.2, 0.25) is 0 Å². The van der Waals surface area contributed by atoms with Crippen LogP contribution in [0.1, 0.15) is 45.1 Å². The molecule has 3 aromatic rings. The Morgan fingerprint density at radius 2 is 1.76 bits per heavy atom. The molecule has 3 aromatic heterocycles. The molecule has 0 spiro atoms. The Balaban J connectivity index is 1.77. The van der Waals surface area contributed by atoms with E-state index in [4.69, 9.17) is 16.6 Å². The summed E-state index contributed by atoms with van der Waals surface area (Å²) < 4.78 is 0. The lowest BCUT2D eigenvalue weighted by Gasteiger charge is -2.18. The molecular weight excluding hydrogens is 382 g/mol. The van der Waals surface area contributed by atoms with Crippen LogP contribution in [0.4, 0.5) is 11.6 Å². The molecule has 0 aromatic carbocycles. The van der Waals surface area contributed by atoms with Crippen molar-refractivity contribution in [2.45, 2.75) is 52.1 Å². The van der Waals surface area contributed by atoms with Gasteiger partial charge in [0, 0.05) is 36.7 Å². The Bertz CT molecular complexity index is 895. The molecule has 6 heteroatoms. The predicted molar refractivity (Wildman–Crippen MR) is 121 cm³/mol. The van der Waals surface area contributed by atoms with Crippen molar-refractivity contribution < 1.29 is 0 Å². The second-order valence-corrected chi connectivity index (χ2v) is 7.49. The fourth-order valence-corrected chi connectivity index (χ4v) is 3.49. The first-order valence-corrected chi connectivity index (χ1v) is 10.6. The van der Waals surface area contributed by atoms with E-state index in [2.05, 4.69) is 34.4 Å². The third-order valence-electron chi connectivity index (χ3n) is 4.73. The molecule has 152 valence electrons. The number of pyridine rings is 3. The molecule has 3 heterocycles. The van der Waals surface area contributed by atoms with Crippen molar-refractivity contribution in [1.29, 1.82) is 0 Å². The van der Waals surface area contributed by atoms with Gasteiger partial charge < -0.3 is 10.6 Å². The van der Waals surface area contributed by atoms with Gasteiger partial charge in [-0.05, 0) is 48.7 Å². The maximum atomic E-state index is 6.46. The van der Waals surface area contributed by atoms with Crippen LogP contribution in [0.2, 0.25) is 5.02 Å². The number of nitrogens with one attached hydrogen (secondary N) is 2. The van der Waals surface area contributed by atoms with Crippen molar-refractivity contribution >= 4 is 23.2 Å². The summed E-state index contributed by atoms with van der Waals surface area (Å²) in [5.74, 6) is 1.64. The molecule has 2 N–H and O–H groups in total. The summed E-state index contributed by atoms with van der Waals surface area (Å²) in [7, 11) is 0. The first-order chi connectivity index (χ1) is 14.2. The van der Waals surface area contributed by atoms with Crippen LogP contribution in [0.5, 0.6) is 0 Å². The Hall–Kier alpha value is -2.66.